The third-order valence-electron chi connectivity index (χ3n) is 13.1. The Labute approximate surface area is 384 Å². The highest BCUT2D eigenvalue weighted by molar-refractivity contribution is 6.15. The highest BCUT2D eigenvalue weighted by Gasteiger charge is 2.48. The van der Waals surface area contributed by atoms with Gasteiger partial charge in [-0.3, -0.25) is 29.2 Å². The van der Waals surface area contributed by atoms with E-state index in [1.54, 1.807) is 31.8 Å². The molecule has 0 aliphatic carbocycles. The molecule has 0 radical (unpaired) electrons. The molecule has 4 aromatic carbocycles. The molecule has 6 rings (SSSR count). The zero-order valence-electron chi connectivity index (χ0n) is 41.4. The van der Waals surface area contributed by atoms with Crippen LogP contribution in [0.1, 0.15) is 203 Å². The zero-order chi connectivity index (χ0) is 47.2. The third-order valence-corrected chi connectivity index (χ3v) is 13.1. The van der Waals surface area contributed by atoms with Gasteiger partial charge in [-0.25, -0.2) is 0 Å². The van der Waals surface area contributed by atoms with Gasteiger partial charge in [-0.15, -0.1) is 0 Å². The summed E-state index contributed by atoms with van der Waals surface area (Å²) in [4.78, 5) is 37.9. The van der Waals surface area contributed by atoms with Crippen molar-refractivity contribution in [2.45, 2.75) is 171 Å². The largest absolute Gasteiger partial charge is 0.356 e. The summed E-state index contributed by atoms with van der Waals surface area (Å²) in [6.45, 7) is 33.9. The first kappa shape index (κ1) is 48.3. The number of para-hydroxylation sites is 4. The smallest absolute Gasteiger partial charge is 0.278 e. The normalized spacial score (nSPS) is 18.7. The Kier molecular flexibility index (Phi) is 14.4. The predicted molar refractivity (Wildman–Crippen MR) is 267 cm³/mol. The molecule has 2 aliphatic heterocycles. The number of nitrogens with zero attached hydrogens (tertiary/aromatic N) is 4. The molecule has 2 aliphatic rings. The monoisotopic (exact) mass is 867 g/mol. The summed E-state index contributed by atoms with van der Waals surface area (Å²) < 4.78 is 0. The van der Waals surface area contributed by atoms with Gasteiger partial charge < -0.3 is 10.2 Å². The molecule has 0 aromatic heterocycles. The number of hydrogen-bond acceptors (Lipinski definition) is 6. The van der Waals surface area contributed by atoms with Gasteiger partial charge in [0.25, 0.3) is 11.8 Å². The van der Waals surface area contributed by atoms with Crippen molar-refractivity contribution in [3.8, 4) is 0 Å². The summed E-state index contributed by atoms with van der Waals surface area (Å²) in [6.07, 6.45) is 0.623. The molecule has 64 heavy (non-hydrogen) atoms. The highest BCUT2D eigenvalue weighted by Crippen LogP contribution is 2.48. The average Bonchev–Trinajstić information content (AvgIpc) is 3.62. The Bertz CT molecular complexity index is 2160. The molecule has 2 saturated heterocycles. The summed E-state index contributed by atoms with van der Waals surface area (Å²) in [6, 6.07) is 24.7. The molecule has 2 unspecified atom stereocenters. The number of rotatable bonds is 13. The van der Waals surface area contributed by atoms with Gasteiger partial charge in [-0.1, -0.05) is 184 Å². The maximum absolute atomic E-state index is 15.6. The Morgan fingerprint density at radius 3 is 0.688 bits per heavy atom. The summed E-state index contributed by atoms with van der Waals surface area (Å²) >= 11 is 0. The predicted octanol–water partition coefficient (Wildman–Crippen LogP) is 13.4. The van der Waals surface area contributed by atoms with E-state index >= 15 is 9.59 Å². The Morgan fingerprint density at radius 1 is 0.344 bits per heavy atom. The second kappa shape index (κ2) is 19.1. The number of benzene rings is 4. The lowest BCUT2D eigenvalue weighted by molar-refractivity contribution is -0.115. The first-order chi connectivity index (χ1) is 30.1. The van der Waals surface area contributed by atoms with Gasteiger partial charge in [0.1, 0.15) is 11.4 Å². The zero-order valence-corrected chi connectivity index (χ0v) is 41.4. The molecule has 0 saturated carbocycles. The number of amides is 2. The van der Waals surface area contributed by atoms with E-state index < -0.39 is 12.7 Å². The quantitative estimate of drug-likeness (QED) is 0.130. The van der Waals surface area contributed by atoms with Gasteiger partial charge >= 0.3 is 0 Å². The van der Waals surface area contributed by atoms with E-state index in [1.165, 1.54) is 0 Å². The minimum Gasteiger partial charge on any atom is -0.356 e. The number of anilines is 4. The van der Waals surface area contributed by atoms with Gasteiger partial charge in [-0.2, -0.15) is 0 Å². The van der Waals surface area contributed by atoms with Gasteiger partial charge in [0.2, 0.25) is 12.7 Å². The van der Waals surface area contributed by atoms with E-state index in [4.69, 9.17) is 0 Å². The van der Waals surface area contributed by atoms with Crippen molar-refractivity contribution >= 4 is 34.6 Å². The van der Waals surface area contributed by atoms with Crippen LogP contribution in [0.5, 0.6) is 0 Å². The fourth-order valence-electron chi connectivity index (χ4n) is 9.67. The van der Waals surface area contributed by atoms with Crippen LogP contribution >= 0.6 is 0 Å². The van der Waals surface area contributed by atoms with E-state index in [1.807, 2.05) is 36.4 Å². The van der Waals surface area contributed by atoms with Crippen LogP contribution in [0.25, 0.3) is 0 Å². The van der Waals surface area contributed by atoms with Crippen LogP contribution in [0.4, 0.5) is 22.7 Å². The second-order valence-electron chi connectivity index (χ2n) is 20.3. The van der Waals surface area contributed by atoms with Crippen LogP contribution in [-0.2, 0) is 9.59 Å². The van der Waals surface area contributed by atoms with Gasteiger partial charge in [-0.05, 0) is 104 Å². The average molecular weight is 867 g/mol. The van der Waals surface area contributed by atoms with E-state index in [0.29, 0.717) is 11.4 Å². The molecule has 0 spiro atoms. The summed E-state index contributed by atoms with van der Waals surface area (Å²) in [5.74, 6) is -0.262. The van der Waals surface area contributed by atoms with Gasteiger partial charge in [0.05, 0.1) is 22.7 Å². The minimum atomic E-state index is -1.40. The number of allylic oxidation sites excluding steroid dienone is 2. The summed E-state index contributed by atoms with van der Waals surface area (Å²) in [5, 5.41) is 25.9. The van der Waals surface area contributed by atoms with Crippen molar-refractivity contribution in [3.05, 3.63) is 141 Å². The fourth-order valence-corrected chi connectivity index (χ4v) is 9.67. The van der Waals surface area contributed by atoms with E-state index in [9.17, 15) is 10.2 Å². The summed E-state index contributed by atoms with van der Waals surface area (Å²) in [5.41, 5.74) is 11.3. The molecular weight excluding hydrogens is 793 g/mol. The van der Waals surface area contributed by atoms with Gasteiger partial charge in [0.15, 0.2) is 0 Å². The maximum atomic E-state index is 15.6. The molecule has 0 bridgehead atoms. The SMILES string of the molecule is CC(C)c1cccc(C(C)C)c1N1C(=O)/C(=C\C=C2/C(=O)N(c3c(C(C)C)cccc3C(C)C)C(O)N2c2c(C(C)C)cccc2C(C)C)N(c2c(C(C)C)cccc2C(C)C)C1O. The van der Waals surface area contributed by atoms with Crippen LogP contribution < -0.4 is 19.6 Å². The molecule has 2 fully saturated rings. The molecule has 342 valence electrons. The topological polar surface area (TPSA) is 87.6 Å². The molecule has 2 N–H and O–H groups in total. The standard InChI is InChI=1S/C56H74N4O4/c1-31(2)39-21-17-22-40(32(3)4)49(39)57-47(53(61)59(55(57)63)51-43(35(9)10)25-19-26-44(51)36(11)12)29-30-48-54(62)60(52-45(37(13)14)27-20-28-46(52)38(15)16)56(64)58(48)50-41(33(5)6)23-18-24-42(50)34(7)8/h17-38,55-56,63-64H,1-16H3/b47-29+,48-30+. The van der Waals surface area contributed by atoms with Crippen LogP contribution in [0, 0.1) is 0 Å². The van der Waals surface area contributed by atoms with E-state index in [2.05, 4.69) is 147 Å². The van der Waals surface area contributed by atoms with Crippen molar-refractivity contribution in [3.63, 3.8) is 0 Å². The van der Waals surface area contributed by atoms with Crippen LogP contribution in [0.15, 0.2) is 96.3 Å². The first-order valence-electron chi connectivity index (χ1n) is 23.7. The Hall–Kier alpha value is -5.18. The van der Waals surface area contributed by atoms with Crippen LogP contribution in [0.2, 0.25) is 0 Å². The number of aliphatic hydroxyl groups excluding tert-OH is 2. The van der Waals surface area contributed by atoms with Gasteiger partial charge in [0, 0.05) is 0 Å². The Balaban J connectivity index is 1.73. The van der Waals surface area contributed by atoms with E-state index in [-0.39, 0.29) is 70.6 Å². The van der Waals surface area contributed by atoms with Crippen molar-refractivity contribution in [1.29, 1.82) is 0 Å². The molecule has 2 heterocycles. The lowest BCUT2D eigenvalue weighted by Gasteiger charge is -2.34. The van der Waals surface area contributed by atoms with E-state index in [0.717, 1.165) is 55.9 Å². The Morgan fingerprint density at radius 2 is 0.516 bits per heavy atom. The maximum Gasteiger partial charge on any atom is 0.278 e. The first-order valence-corrected chi connectivity index (χ1v) is 23.7. The second-order valence-corrected chi connectivity index (χ2v) is 20.3. The van der Waals surface area contributed by atoms with Crippen molar-refractivity contribution < 1.29 is 19.8 Å². The lowest BCUT2D eigenvalue weighted by atomic mass is 9.91. The van der Waals surface area contributed by atoms with Crippen molar-refractivity contribution in [1.82, 2.24) is 0 Å². The molecule has 8 nitrogen and oxygen atoms in total. The number of hydrogen-bond donors (Lipinski definition) is 2. The number of aliphatic hydroxyl groups is 2. The number of carbonyl (C=O) groups is 2. The lowest BCUT2D eigenvalue weighted by Crippen LogP contribution is -2.41. The third kappa shape index (κ3) is 8.56. The molecule has 2 atom stereocenters. The van der Waals surface area contributed by atoms with Crippen LogP contribution in [-0.4, -0.2) is 34.7 Å². The minimum absolute atomic E-state index is 0.0595. The van der Waals surface area contributed by atoms with Crippen LogP contribution in [0.3, 0.4) is 0 Å². The van der Waals surface area contributed by atoms with Crippen molar-refractivity contribution in [2.24, 2.45) is 0 Å². The molecular formula is C56H74N4O4. The summed E-state index contributed by atoms with van der Waals surface area (Å²) in [7, 11) is 0. The molecule has 4 aromatic rings. The molecule has 8 heteroatoms. The fraction of sp³-hybridized carbons (Fsp3) is 0.464. The van der Waals surface area contributed by atoms with Crippen molar-refractivity contribution in [2.75, 3.05) is 19.6 Å². The highest BCUT2D eigenvalue weighted by atomic mass is 16.3. The molecule has 2 amide bonds. The number of carbonyl (C=O) groups excluding carboxylic acids is 2.